The van der Waals surface area contributed by atoms with Gasteiger partial charge in [0.2, 0.25) is 0 Å². The largest absolute Gasteiger partial charge is 0.375 e. The molecule has 1 N–H and O–H groups in total. The van der Waals surface area contributed by atoms with Gasteiger partial charge in [0.1, 0.15) is 6.61 Å². The third-order valence-electron chi connectivity index (χ3n) is 3.21. The van der Waals surface area contributed by atoms with E-state index in [-0.39, 0.29) is 0 Å². The van der Waals surface area contributed by atoms with Crippen molar-refractivity contribution >= 4 is 0 Å². The normalized spacial score (nSPS) is 13.1. The highest BCUT2D eigenvalue weighted by molar-refractivity contribution is 5.00. The Kier molecular flexibility index (Phi) is 8.37. The number of aryl methyl sites for hydroxylation is 2. The highest BCUT2D eigenvalue weighted by atomic mass is 19.3. The smallest absolute Gasteiger partial charge is 0.261 e. The summed E-state index contributed by atoms with van der Waals surface area (Å²) >= 11 is 0. The Labute approximate surface area is 119 Å². The van der Waals surface area contributed by atoms with Gasteiger partial charge in [-0.2, -0.15) is 5.10 Å². The SMILES string of the molecule is CCCNC(CCOCC(F)F)CCc1ccnn1C. The molecule has 0 aliphatic carbocycles. The predicted molar refractivity (Wildman–Crippen MR) is 75.1 cm³/mol. The van der Waals surface area contributed by atoms with Crippen LogP contribution in [-0.2, 0) is 18.2 Å². The minimum atomic E-state index is -2.38. The summed E-state index contributed by atoms with van der Waals surface area (Å²) in [5, 5.41) is 7.58. The van der Waals surface area contributed by atoms with Crippen LogP contribution in [0.3, 0.4) is 0 Å². The summed E-state index contributed by atoms with van der Waals surface area (Å²) in [4.78, 5) is 0. The number of nitrogens with zero attached hydrogens (tertiary/aromatic N) is 2. The van der Waals surface area contributed by atoms with E-state index in [1.807, 2.05) is 17.8 Å². The molecule has 1 atom stereocenters. The summed E-state index contributed by atoms with van der Waals surface area (Å²) in [6, 6.07) is 2.30. The first-order valence-corrected chi connectivity index (χ1v) is 7.19. The lowest BCUT2D eigenvalue weighted by molar-refractivity contribution is 0.0142. The Morgan fingerprint density at radius 2 is 2.20 bits per heavy atom. The van der Waals surface area contributed by atoms with Crippen molar-refractivity contribution in [1.82, 2.24) is 15.1 Å². The molecule has 0 amide bonds. The lowest BCUT2D eigenvalue weighted by atomic mass is 10.1. The van der Waals surface area contributed by atoms with Crippen molar-refractivity contribution in [2.24, 2.45) is 7.05 Å². The zero-order chi connectivity index (χ0) is 14.8. The Bertz CT molecular complexity index is 358. The molecule has 20 heavy (non-hydrogen) atoms. The maximum atomic E-state index is 12.0. The number of halogens is 2. The van der Waals surface area contributed by atoms with Crippen molar-refractivity contribution in [1.29, 1.82) is 0 Å². The van der Waals surface area contributed by atoms with Crippen molar-refractivity contribution in [3.8, 4) is 0 Å². The van der Waals surface area contributed by atoms with E-state index >= 15 is 0 Å². The van der Waals surface area contributed by atoms with Crippen LogP contribution >= 0.6 is 0 Å². The quantitative estimate of drug-likeness (QED) is 0.636. The minimum Gasteiger partial charge on any atom is -0.375 e. The molecule has 116 valence electrons. The van der Waals surface area contributed by atoms with E-state index in [4.69, 9.17) is 4.74 Å². The van der Waals surface area contributed by atoms with Crippen LogP contribution in [0.15, 0.2) is 12.3 Å². The molecule has 0 saturated heterocycles. The zero-order valence-corrected chi connectivity index (χ0v) is 12.3. The van der Waals surface area contributed by atoms with Crippen LogP contribution < -0.4 is 5.32 Å². The van der Waals surface area contributed by atoms with Crippen molar-refractivity contribution in [2.75, 3.05) is 19.8 Å². The van der Waals surface area contributed by atoms with Gasteiger partial charge in [-0.3, -0.25) is 4.68 Å². The van der Waals surface area contributed by atoms with Crippen LogP contribution in [0, 0.1) is 0 Å². The zero-order valence-electron chi connectivity index (χ0n) is 12.3. The number of hydrogen-bond donors (Lipinski definition) is 1. The number of nitrogens with one attached hydrogen (secondary N) is 1. The van der Waals surface area contributed by atoms with Gasteiger partial charge >= 0.3 is 0 Å². The summed E-state index contributed by atoms with van der Waals surface area (Å²) in [5.41, 5.74) is 1.18. The minimum absolute atomic E-state index is 0.294. The number of aromatic nitrogens is 2. The first-order chi connectivity index (χ1) is 9.63. The van der Waals surface area contributed by atoms with Gasteiger partial charge < -0.3 is 10.1 Å². The first kappa shape index (κ1) is 17.0. The lowest BCUT2D eigenvalue weighted by Crippen LogP contribution is -2.32. The van der Waals surface area contributed by atoms with E-state index in [2.05, 4.69) is 17.3 Å². The van der Waals surface area contributed by atoms with Gasteiger partial charge in [0.15, 0.2) is 0 Å². The Balaban J connectivity index is 2.29. The van der Waals surface area contributed by atoms with Gasteiger partial charge in [-0.1, -0.05) is 6.92 Å². The van der Waals surface area contributed by atoms with Crippen molar-refractivity contribution in [3.05, 3.63) is 18.0 Å². The fourth-order valence-corrected chi connectivity index (χ4v) is 2.06. The van der Waals surface area contributed by atoms with E-state index in [1.54, 1.807) is 6.20 Å². The molecule has 0 fully saturated rings. The first-order valence-electron chi connectivity index (χ1n) is 7.19. The number of rotatable bonds is 11. The van der Waals surface area contributed by atoms with Gasteiger partial charge in [-0.15, -0.1) is 0 Å². The molecule has 0 aromatic carbocycles. The van der Waals surface area contributed by atoms with Crippen LogP contribution in [0.5, 0.6) is 0 Å². The van der Waals surface area contributed by atoms with Crippen LogP contribution in [-0.4, -0.2) is 42.0 Å². The van der Waals surface area contributed by atoms with Crippen molar-refractivity contribution in [2.45, 2.75) is 45.1 Å². The summed E-state index contributed by atoms with van der Waals surface area (Å²) in [6.07, 6.45) is 3.09. The third-order valence-corrected chi connectivity index (χ3v) is 3.21. The molecule has 0 radical (unpaired) electrons. The fraction of sp³-hybridized carbons (Fsp3) is 0.786. The molecule has 1 rings (SSSR count). The van der Waals surface area contributed by atoms with E-state index in [1.165, 1.54) is 5.69 Å². The standard InChI is InChI=1S/C14H25F2N3O/c1-3-8-17-12(7-10-20-11-14(15)16)4-5-13-6-9-18-19(13)2/h6,9,12,14,17H,3-5,7-8,10-11H2,1-2H3. The summed E-state index contributed by atoms with van der Waals surface area (Å²) in [7, 11) is 1.93. The number of ether oxygens (including phenoxy) is 1. The second kappa shape index (κ2) is 9.83. The van der Waals surface area contributed by atoms with E-state index in [9.17, 15) is 8.78 Å². The molecule has 4 nitrogen and oxygen atoms in total. The molecule has 0 saturated carbocycles. The molecule has 0 aliphatic rings. The molecule has 1 heterocycles. The lowest BCUT2D eigenvalue weighted by Gasteiger charge is -2.18. The average Bonchev–Trinajstić information content (AvgIpc) is 2.82. The molecule has 1 aromatic rings. The van der Waals surface area contributed by atoms with Crippen LogP contribution in [0.25, 0.3) is 0 Å². The van der Waals surface area contributed by atoms with Crippen LogP contribution in [0.2, 0.25) is 0 Å². The number of hydrogen-bond acceptors (Lipinski definition) is 3. The van der Waals surface area contributed by atoms with Gasteiger partial charge in [0, 0.05) is 31.6 Å². The molecule has 0 bridgehead atoms. The van der Waals surface area contributed by atoms with Gasteiger partial charge in [-0.25, -0.2) is 8.78 Å². The highest BCUT2D eigenvalue weighted by Crippen LogP contribution is 2.07. The third kappa shape index (κ3) is 6.96. The maximum absolute atomic E-state index is 12.0. The second-order valence-corrected chi connectivity index (χ2v) is 4.89. The second-order valence-electron chi connectivity index (χ2n) is 4.89. The Morgan fingerprint density at radius 1 is 1.40 bits per heavy atom. The average molecular weight is 289 g/mol. The topological polar surface area (TPSA) is 39.1 Å². The summed E-state index contributed by atoms with van der Waals surface area (Å²) in [6.45, 7) is 2.95. The maximum Gasteiger partial charge on any atom is 0.261 e. The Hall–Kier alpha value is -1.01. The molecule has 1 aromatic heterocycles. The highest BCUT2D eigenvalue weighted by Gasteiger charge is 2.10. The van der Waals surface area contributed by atoms with E-state index < -0.39 is 13.0 Å². The molecule has 1 unspecified atom stereocenters. The Morgan fingerprint density at radius 3 is 2.80 bits per heavy atom. The monoisotopic (exact) mass is 289 g/mol. The van der Waals surface area contributed by atoms with Gasteiger partial charge in [-0.05, 0) is 38.3 Å². The predicted octanol–water partition coefficient (Wildman–Crippen LogP) is 2.39. The molecule has 0 aliphatic heterocycles. The molecule has 0 spiro atoms. The number of alkyl halides is 2. The van der Waals surface area contributed by atoms with Gasteiger partial charge in [0.05, 0.1) is 0 Å². The van der Waals surface area contributed by atoms with Crippen molar-refractivity contribution in [3.63, 3.8) is 0 Å². The fourth-order valence-electron chi connectivity index (χ4n) is 2.06. The van der Waals surface area contributed by atoms with Gasteiger partial charge in [0.25, 0.3) is 6.43 Å². The summed E-state index contributed by atoms with van der Waals surface area (Å²) in [5.74, 6) is 0. The van der Waals surface area contributed by atoms with Crippen LogP contribution in [0.4, 0.5) is 8.78 Å². The van der Waals surface area contributed by atoms with Crippen LogP contribution in [0.1, 0.15) is 31.9 Å². The molecular formula is C14H25F2N3O. The van der Waals surface area contributed by atoms with E-state index in [0.29, 0.717) is 12.6 Å². The molecular weight excluding hydrogens is 264 g/mol. The summed E-state index contributed by atoms with van der Waals surface area (Å²) < 4.78 is 30.8. The molecule has 6 heteroatoms. The van der Waals surface area contributed by atoms with Crippen molar-refractivity contribution < 1.29 is 13.5 Å². The van der Waals surface area contributed by atoms with E-state index in [0.717, 1.165) is 32.2 Å².